The first kappa shape index (κ1) is 87.6. The largest absolute Gasteiger partial charge is 0.310 e. The standard InChI is InChI=1S/C122H134N2/c1-17-82-46-83(18-2)55-98(54-82)106-70-107(99-56-84(19-3)47-85(20-4)57-99)75-118(74-106)123(119-76-108(100-58-86(21-5)48-87(22-6)59-100)71-109(77-119)101-60-88(23-7)49-89(24-8)61-101)116-40-36-114(37-41-116)122(44-34-33-35-45-122)115-38-42-117(43-39-115)124(120-78-110(102-62-90(25-9)50-91(26-10)63-102)72-111(79-120)103-64-92(27-11)51-93(28-12)65-103)121-80-112(104-66-94(29-13)52-95(30-14)67-104)73-113(81-121)105-68-96(31-15)53-97(32-16)69-105/h36-43,46-81H,17-35,44-45H2,1-16H3. The van der Waals surface area contributed by atoms with Gasteiger partial charge in [-0.1, -0.05) is 300 Å². The summed E-state index contributed by atoms with van der Waals surface area (Å²) in [6.07, 6.45) is 21.2. The molecule has 0 aliphatic heterocycles. The quantitative estimate of drug-likeness (QED) is 0.0415. The second-order valence-corrected chi connectivity index (χ2v) is 35.4. The summed E-state index contributed by atoms with van der Waals surface area (Å²) in [6, 6.07) is 109. The third kappa shape index (κ3) is 19.3. The fourth-order valence-electron chi connectivity index (χ4n) is 19.6. The third-order valence-corrected chi connectivity index (χ3v) is 27.4. The van der Waals surface area contributed by atoms with Gasteiger partial charge in [-0.15, -0.1) is 0 Å². The van der Waals surface area contributed by atoms with E-state index in [-0.39, 0.29) is 5.41 Å². The van der Waals surface area contributed by atoms with Gasteiger partial charge in [-0.05, 0) is 402 Å². The van der Waals surface area contributed by atoms with Crippen LogP contribution in [0.5, 0.6) is 0 Å². The zero-order valence-electron chi connectivity index (χ0n) is 77.6. The SMILES string of the molecule is CCc1cc(CC)cc(-c2cc(-c3cc(CC)cc(CC)c3)cc(N(c3ccc(C4(c5ccc(N(c6cc(-c7cc(CC)cc(CC)c7)cc(-c7cc(CC)cc(CC)c7)c6)c6cc(-c7cc(CC)cc(CC)c7)cc(-c7cc(CC)cc(CC)c7)c6)cc5)CCCCC4)cc3)c3cc(-c4cc(CC)cc(CC)c4)cc(-c4cc(CC)cc(CC)c4)c3)c2)c1. The number of anilines is 6. The van der Waals surface area contributed by atoms with E-state index in [1.54, 1.807) is 0 Å². The van der Waals surface area contributed by atoms with Crippen molar-refractivity contribution in [1.29, 1.82) is 0 Å². The van der Waals surface area contributed by atoms with E-state index in [4.69, 9.17) is 0 Å². The van der Waals surface area contributed by atoms with E-state index in [1.165, 1.54) is 196 Å². The van der Waals surface area contributed by atoms with Crippen molar-refractivity contribution in [2.45, 2.75) is 251 Å². The van der Waals surface area contributed by atoms with Crippen molar-refractivity contribution in [2.75, 3.05) is 9.80 Å². The van der Waals surface area contributed by atoms with Gasteiger partial charge in [0.25, 0.3) is 0 Å². The van der Waals surface area contributed by atoms with Gasteiger partial charge in [-0.3, -0.25) is 0 Å². The third-order valence-electron chi connectivity index (χ3n) is 27.4. The van der Waals surface area contributed by atoms with Crippen molar-refractivity contribution in [3.8, 4) is 89.0 Å². The Morgan fingerprint density at radius 1 is 0.153 bits per heavy atom. The van der Waals surface area contributed by atoms with E-state index in [9.17, 15) is 0 Å². The number of benzene rings is 14. The maximum atomic E-state index is 2.63. The highest BCUT2D eigenvalue weighted by molar-refractivity contribution is 5.92. The molecule has 0 amide bonds. The minimum Gasteiger partial charge on any atom is -0.310 e. The molecule has 0 aromatic heterocycles. The Balaban J connectivity index is 0.960. The van der Waals surface area contributed by atoms with E-state index in [1.807, 2.05) is 0 Å². The number of nitrogens with zero attached hydrogens (tertiary/aromatic N) is 2. The maximum absolute atomic E-state index is 2.63. The first-order valence-corrected chi connectivity index (χ1v) is 47.9. The molecule has 0 spiro atoms. The lowest BCUT2D eigenvalue weighted by atomic mass is 9.65. The number of hydrogen-bond acceptors (Lipinski definition) is 2. The van der Waals surface area contributed by atoms with Crippen molar-refractivity contribution in [2.24, 2.45) is 0 Å². The van der Waals surface area contributed by atoms with Crippen LogP contribution in [0.3, 0.4) is 0 Å². The highest BCUT2D eigenvalue weighted by atomic mass is 15.1. The Morgan fingerprint density at radius 2 is 0.290 bits per heavy atom. The van der Waals surface area contributed by atoms with E-state index in [0.717, 1.165) is 163 Å². The van der Waals surface area contributed by atoms with E-state index >= 15 is 0 Å². The summed E-state index contributed by atoms with van der Waals surface area (Å²) >= 11 is 0. The van der Waals surface area contributed by atoms with E-state index < -0.39 is 0 Å². The van der Waals surface area contributed by atoms with Crippen LogP contribution in [0.15, 0.2) is 267 Å². The number of aryl methyl sites for hydroxylation is 16. The molecule has 124 heavy (non-hydrogen) atoms. The van der Waals surface area contributed by atoms with Crippen LogP contribution >= 0.6 is 0 Å². The molecule has 1 aliphatic rings. The molecule has 15 rings (SSSR count). The lowest BCUT2D eigenvalue weighted by Crippen LogP contribution is -2.30. The minimum absolute atomic E-state index is 0.248. The van der Waals surface area contributed by atoms with Gasteiger partial charge in [0.15, 0.2) is 0 Å². The summed E-state index contributed by atoms with van der Waals surface area (Å²) in [5.41, 5.74) is 51.2. The monoisotopic (exact) mass is 1630 g/mol. The molecule has 2 nitrogen and oxygen atoms in total. The van der Waals surface area contributed by atoms with Crippen molar-refractivity contribution in [3.63, 3.8) is 0 Å². The molecule has 0 atom stereocenters. The van der Waals surface area contributed by atoms with Crippen LogP contribution in [-0.2, 0) is 108 Å². The summed E-state index contributed by atoms with van der Waals surface area (Å²) in [4.78, 5) is 5.26. The van der Waals surface area contributed by atoms with Crippen LogP contribution in [-0.4, -0.2) is 0 Å². The number of hydrogen-bond donors (Lipinski definition) is 0. The molecule has 632 valence electrons. The maximum Gasteiger partial charge on any atom is 0.0473 e. The van der Waals surface area contributed by atoms with Gasteiger partial charge in [-0.25, -0.2) is 0 Å². The first-order valence-electron chi connectivity index (χ1n) is 47.9. The zero-order chi connectivity index (χ0) is 86.7. The summed E-state index contributed by atoms with van der Waals surface area (Å²) in [5.74, 6) is 0. The van der Waals surface area contributed by atoms with Gasteiger partial charge in [0.2, 0.25) is 0 Å². The van der Waals surface area contributed by atoms with E-state index in [0.29, 0.717) is 0 Å². The molecular formula is C122H134N2. The van der Waals surface area contributed by atoms with Crippen LogP contribution in [0.4, 0.5) is 34.1 Å². The van der Waals surface area contributed by atoms with Crippen LogP contribution in [0.2, 0.25) is 0 Å². The smallest absolute Gasteiger partial charge is 0.0473 e. The Bertz CT molecular complexity index is 4950. The Labute approximate surface area is 746 Å². The molecule has 2 heteroatoms. The molecule has 0 saturated heterocycles. The van der Waals surface area contributed by atoms with Gasteiger partial charge in [0.1, 0.15) is 0 Å². The molecule has 14 aromatic rings. The molecule has 1 fully saturated rings. The Kier molecular flexibility index (Phi) is 28.0. The van der Waals surface area contributed by atoms with Crippen LogP contribution < -0.4 is 9.80 Å². The summed E-state index contributed by atoms with van der Waals surface area (Å²) in [6.45, 7) is 36.9. The molecule has 0 radical (unpaired) electrons. The molecule has 14 aromatic carbocycles. The van der Waals surface area contributed by atoms with E-state index in [2.05, 4.69) is 387 Å². The average molecular weight is 1630 g/mol. The summed E-state index contributed by atoms with van der Waals surface area (Å²) < 4.78 is 0. The molecule has 1 saturated carbocycles. The van der Waals surface area contributed by atoms with Gasteiger partial charge < -0.3 is 9.80 Å². The van der Waals surface area contributed by atoms with Crippen molar-refractivity contribution in [3.05, 3.63) is 367 Å². The summed E-state index contributed by atoms with van der Waals surface area (Å²) in [7, 11) is 0. The van der Waals surface area contributed by atoms with Crippen molar-refractivity contribution >= 4 is 34.1 Å². The molecule has 0 N–H and O–H groups in total. The average Bonchev–Trinajstić information content (AvgIpc) is 0.758. The minimum atomic E-state index is -0.248. The molecule has 0 unspecified atom stereocenters. The lowest BCUT2D eigenvalue weighted by Gasteiger charge is -2.39. The molecule has 0 bridgehead atoms. The van der Waals surface area contributed by atoms with Crippen LogP contribution in [0.1, 0.15) is 243 Å². The van der Waals surface area contributed by atoms with Gasteiger partial charge in [-0.2, -0.15) is 0 Å². The van der Waals surface area contributed by atoms with Crippen molar-refractivity contribution < 1.29 is 0 Å². The fraction of sp³-hybridized carbons (Fsp3) is 0.311. The van der Waals surface area contributed by atoms with Gasteiger partial charge >= 0.3 is 0 Å². The topological polar surface area (TPSA) is 6.48 Å². The Morgan fingerprint density at radius 3 is 0.427 bits per heavy atom. The van der Waals surface area contributed by atoms with Crippen molar-refractivity contribution in [1.82, 2.24) is 0 Å². The predicted molar refractivity (Wildman–Crippen MR) is 540 cm³/mol. The number of rotatable bonds is 32. The molecular weight excluding hydrogens is 1490 g/mol. The summed E-state index contributed by atoms with van der Waals surface area (Å²) in [5, 5.41) is 0. The highest BCUT2D eigenvalue weighted by Crippen LogP contribution is 2.51. The molecule has 0 heterocycles. The van der Waals surface area contributed by atoms with Crippen LogP contribution in [0, 0.1) is 0 Å². The highest BCUT2D eigenvalue weighted by Gasteiger charge is 2.37. The lowest BCUT2D eigenvalue weighted by molar-refractivity contribution is 0.346. The predicted octanol–water partition coefficient (Wildman–Crippen LogP) is 34.2. The van der Waals surface area contributed by atoms with Gasteiger partial charge in [0.05, 0.1) is 0 Å². The second-order valence-electron chi connectivity index (χ2n) is 35.4. The molecule has 1 aliphatic carbocycles. The Hall–Kier alpha value is -11.3. The fourth-order valence-corrected chi connectivity index (χ4v) is 19.6. The first-order chi connectivity index (χ1) is 60.5. The van der Waals surface area contributed by atoms with Crippen LogP contribution in [0.25, 0.3) is 89.0 Å². The second kappa shape index (κ2) is 39.7. The zero-order valence-corrected chi connectivity index (χ0v) is 77.6. The normalized spacial score (nSPS) is 12.6. The van der Waals surface area contributed by atoms with Gasteiger partial charge in [0, 0.05) is 39.5 Å².